The molecule has 0 unspecified atom stereocenters. The minimum atomic E-state index is -0.550. The molecule has 0 amide bonds. The van der Waals surface area contributed by atoms with Crippen LogP contribution in [0.1, 0.15) is 33.4 Å². The SMILES string of the molecule is C1=Cc2ccc(-c3nc(-c4cccc(-c5ccccc5)c4)nc(-c4cccc(-c5ccccc5)c4)n3)cc2C2(c3ccccc31)c1ccccc1-c1ccccc12. The standard InChI is InChI=1S/C54H35N3/c1-3-15-36(16-4-1)40-20-13-22-42(33-40)51-55-52(43-23-14-21-41(34-43)37-17-5-2-6-18-37)57-53(56-51)44-32-31-39-30-29-38-19-7-10-26-47(38)54(50(39)35-44)48-27-11-8-24-45(48)46-25-9-12-28-49(46)54/h1-35H. The summed E-state index contributed by atoms with van der Waals surface area (Å²) in [5.74, 6) is 1.89. The molecule has 8 aromatic carbocycles. The van der Waals surface area contributed by atoms with Crippen LogP contribution in [0.4, 0.5) is 0 Å². The quantitative estimate of drug-likeness (QED) is 0.177. The van der Waals surface area contributed by atoms with E-state index in [2.05, 4.69) is 200 Å². The van der Waals surface area contributed by atoms with Crippen LogP contribution < -0.4 is 0 Å². The van der Waals surface area contributed by atoms with Crippen molar-refractivity contribution in [3.8, 4) is 67.5 Å². The second-order valence-electron chi connectivity index (χ2n) is 14.8. The van der Waals surface area contributed by atoms with Crippen LogP contribution in [0, 0.1) is 0 Å². The first-order chi connectivity index (χ1) is 28.2. The maximum atomic E-state index is 5.29. The van der Waals surface area contributed by atoms with Gasteiger partial charge in [0.1, 0.15) is 0 Å². The van der Waals surface area contributed by atoms with Crippen molar-refractivity contribution in [3.05, 3.63) is 234 Å². The van der Waals surface area contributed by atoms with E-state index >= 15 is 0 Å². The average Bonchev–Trinajstić information content (AvgIpc) is 3.50. The van der Waals surface area contributed by atoms with Crippen LogP contribution in [0.5, 0.6) is 0 Å². The lowest BCUT2D eigenvalue weighted by atomic mass is 9.66. The van der Waals surface area contributed by atoms with Crippen LogP contribution in [-0.2, 0) is 5.41 Å². The van der Waals surface area contributed by atoms with Gasteiger partial charge in [-0.15, -0.1) is 0 Å². The molecule has 0 saturated heterocycles. The number of hydrogen-bond donors (Lipinski definition) is 0. The second kappa shape index (κ2) is 13.4. The molecule has 1 heterocycles. The maximum absolute atomic E-state index is 5.29. The van der Waals surface area contributed by atoms with Crippen LogP contribution in [0.2, 0.25) is 0 Å². The van der Waals surface area contributed by atoms with E-state index in [9.17, 15) is 0 Å². The van der Waals surface area contributed by atoms with E-state index in [0.29, 0.717) is 17.5 Å². The van der Waals surface area contributed by atoms with Gasteiger partial charge in [0.15, 0.2) is 17.5 Å². The Labute approximate surface area is 332 Å². The lowest BCUT2D eigenvalue weighted by molar-refractivity contribution is 0.766. The predicted molar refractivity (Wildman–Crippen MR) is 233 cm³/mol. The summed E-state index contributed by atoms with van der Waals surface area (Å²) in [6.45, 7) is 0. The first-order valence-corrected chi connectivity index (χ1v) is 19.4. The first-order valence-electron chi connectivity index (χ1n) is 19.4. The highest BCUT2D eigenvalue weighted by Gasteiger charge is 2.48. The van der Waals surface area contributed by atoms with Crippen molar-refractivity contribution >= 4 is 12.2 Å². The van der Waals surface area contributed by atoms with Gasteiger partial charge < -0.3 is 0 Å². The maximum Gasteiger partial charge on any atom is 0.164 e. The van der Waals surface area contributed by atoms with Gasteiger partial charge in [0.05, 0.1) is 5.41 Å². The third kappa shape index (κ3) is 5.39. The summed E-state index contributed by atoms with van der Waals surface area (Å²) < 4.78 is 0. The summed E-state index contributed by atoms with van der Waals surface area (Å²) in [5, 5.41) is 0. The van der Waals surface area contributed by atoms with Crippen LogP contribution in [0.15, 0.2) is 200 Å². The lowest BCUT2D eigenvalue weighted by Gasteiger charge is -2.35. The highest BCUT2D eigenvalue weighted by Crippen LogP contribution is 2.58. The van der Waals surface area contributed by atoms with Crippen molar-refractivity contribution in [2.45, 2.75) is 5.41 Å². The Morgan fingerprint density at radius 1 is 0.263 bits per heavy atom. The summed E-state index contributed by atoms with van der Waals surface area (Å²) in [4.78, 5) is 15.8. The topological polar surface area (TPSA) is 38.7 Å². The molecule has 1 aromatic heterocycles. The molecule has 1 spiro atoms. The van der Waals surface area contributed by atoms with Crippen LogP contribution in [-0.4, -0.2) is 15.0 Å². The lowest BCUT2D eigenvalue weighted by Crippen LogP contribution is -2.30. The van der Waals surface area contributed by atoms with Crippen molar-refractivity contribution in [1.29, 1.82) is 0 Å². The zero-order valence-electron chi connectivity index (χ0n) is 31.0. The molecular weight excluding hydrogens is 691 g/mol. The Morgan fingerprint density at radius 3 is 1.21 bits per heavy atom. The van der Waals surface area contributed by atoms with Crippen LogP contribution in [0.25, 0.3) is 79.7 Å². The number of hydrogen-bond acceptors (Lipinski definition) is 3. The zero-order chi connectivity index (χ0) is 37.8. The number of rotatable bonds is 5. The molecule has 0 atom stereocenters. The Balaban J connectivity index is 1.15. The number of fused-ring (bicyclic) bond motifs is 9. The van der Waals surface area contributed by atoms with Gasteiger partial charge in [-0.25, -0.2) is 15.0 Å². The van der Waals surface area contributed by atoms with Crippen molar-refractivity contribution in [3.63, 3.8) is 0 Å². The van der Waals surface area contributed by atoms with Crippen LogP contribution >= 0.6 is 0 Å². The summed E-state index contributed by atoms with van der Waals surface area (Å²) in [6.07, 6.45) is 4.54. The monoisotopic (exact) mass is 725 g/mol. The third-order valence-electron chi connectivity index (χ3n) is 11.6. The van der Waals surface area contributed by atoms with E-state index in [0.717, 1.165) is 38.9 Å². The molecule has 2 aliphatic rings. The molecule has 11 rings (SSSR count). The fraction of sp³-hybridized carbons (Fsp3) is 0.0185. The Hall–Kier alpha value is -7.49. The van der Waals surface area contributed by atoms with Crippen molar-refractivity contribution in [2.75, 3.05) is 0 Å². The van der Waals surface area contributed by atoms with Crippen molar-refractivity contribution in [1.82, 2.24) is 15.0 Å². The molecule has 3 heteroatoms. The van der Waals surface area contributed by atoms with E-state index in [1.54, 1.807) is 0 Å². The summed E-state index contributed by atoms with van der Waals surface area (Å²) in [6, 6.07) is 71.3. The molecule has 0 fully saturated rings. The van der Waals surface area contributed by atoms with Gasteiger partial charge >= 0.3 is 0 Å². The van der Waals surface area contributed by atoms with Crippen molar-refractivity contribution in [2.24, 2.45) is 0 Å². The van der Waals surface area contributed by atoms with E-state index < -0.39 is 5.41 Å². The largest absolute Gasteiger partial charge is 0.208 e. The van der Waals surface area contributed by atoms with Crippen molar-refractivity contribution < 1.29 is 0 Å². The molecule has 0 bridgehead atoms. The number of aromatic nitrogens is 3. The van der Waals surface area contributed by atoms with Gasteiger partial charge in [0.25, 0.3) is 0 Å². The third-order valence-corrected chi connectivity index (χ3v) is 11.6. The highest BCUT2D eigenvalue weighted by atomic mass is 15.0. The summed E-state index contributed by atoms with van der Waals surface area (Å²) in [7, 11) is 0. The van der Waals surface area contributed by atoms with Crippen LogP contribution in [0.3, 0.4) is 0 Å². The minimum absolute atomic E-state index is 0.550. The Bertz CT molecular complexity index is 2870. The zero-order valence-corrected chi connectivity index (χ0v) is 31.0. The average molecular weight is 726 g/mol. The summed E-state index contributed by atoms with van der Waals surface area (Å²) in [5.41, 5.74) is 16.7. The van der Waals surface area contributed by atoms with E-state index in [1.807, 2.05) is 12.1 Å². The molecular formula is C54H35N3. The van der Waals surface area contributed by atoms with Gasteiger partial charge in [0, 0.05) is 16.7 Å². The molecule has 3 nitrogen and oxygen atoms in total. The fourth-order valence-corrected chi connectivity index (χ4v) is 8.99. The Kier molecular flexibility index (Phi) is 7.71. The fourth-order valence-electron chi connectivity index (χ4n) is 8.99. The van der Waals surface area contributed by atoms with Gasteiger partial charge in [-0.3, -0.25) is 0 Å². The Morgan fingerprint density at radius 2 is 0.667 bits per heavy atom. The first kappa shape index (κ1) is 32.9. The van der Waals surface area contributed by atoms with E-state index in [1.165, 1.54) is 44.5 Å². The molecule has 2 aliphatic carbocycles. The predicted octanol–water partition coefficient (Wildman–Crippen LogP) is 13.1. The molecule has 9 aromatic rings. The molecule has 266 valence electrons. The summed E-state index contributed by atoms with van der Waals surface area (Å²) >= 11 is 0. The molecule has 57 heavy (non-hydrogen) atoms. The molecule has 0 N–H and O–H groups in total. The van der Waals surface area contributed by atoms with Gasteiger partial charge in [0.2, 0.25) is 0 Å². The normalized spacial score (nSPS) is 13.0. The molecule has 0 radical (unpaired) electrons. The molecule has 0 aliphatic heterocycles. The molecule has 0 saturated carbocycles. The smallest absolute Gasteiger partial charge is 0.164 e. The second-order valence-corrected chi connectivity index (χ2v) is 14.8. The highest BCUT2D eigenvalue weighted by molar-refractivity contribution is 5.92. The number of nitrogens with zero attached hydrogens (tertiary/aromatic N) is 3. The minimum Gasteiger partial charge on any atom is -0.208 e. The van der Waals surface area contributed by atoms with E-state index in [4.69, 9.17) is 15.0 Å². The number of benzene rings is 8. The van der Waals surface area contributed by atoms with E-state index in [-0.39, 0.29) is 0 Å². The van der Waals surface area contributed by atoms with Gasteiger partial charge in [-0.1, -0.05) is 194 Å². The van der Waals surface area contributed by atoms with Gasteiger partial charge in [-0.05, 0) is 85.0 Å². The van der Waals surface area contributed by atoms with Gasteiger partial charge in [-0.2, -0.15) is 0 Å².